The summed E-state index contributed by atoms with van der Waals surface area (Å²) in [6.45, 7) is 2.81. The molecule has 33 heavy (non-hydrogen) atoms. The van der Waals surface area contributed by atoms with Crippen molar-refractivity contribution in [1.29, 1.82) is 0 Å². The first-order valence-corrected chi connectivity index (χ1v) is 11.9. The Morgan fingerprint density at radius 2 is 1.79 bits per heavy atom. The van der Waals surface area contributed by atoms with Gasteiger partial charge in [-0.3, -0.25) is 9.59 Å². The number of aromatic nitrogens is 2. The number of hydrogen-bond acceptors (Lipinski definition) is 3. The molecule has 1 saturated heterocycles. The van der Waals surface area contributed by atoms with Gasteiger partial charge in [0.05, 0.1) is 10.5 Å². The predicted molar refractivity (Wildman–Crippen MR) is 116 cm³/mol. The number of alkyl halides is 3. The van der Waals surface area contributed by atoms with E-state index in [1.807, 2.05) is 4.90 Å². The summed E-state index contributed by atoms with van der Waals surface area (Å²) in [5.74, 6) is -0.00998. The lowest BCUT2D eigenvalue weighted by Crippen LogP contribution is -2.56. The average molecular weight is 483 g/mol. The summed E-state index contributed by atoms with van der Waals surface area (Å²) in [5, 5.41) is 3.86. The summed E-state index contributed by atoms with van der Waals surface area (Å²) < 4.78 is 41.9. The molecule has 1 aliphatic heterocycles. The Labute approximate surface area is 194 Å². The van der Waals surface area contributed by atoms with Crippen molar-refractivity contribution in [2.24, 2.45) is 5.92 Å². The van der Waals surface area contributed by atoms with Crippen molar-refractivity contribution in [3.8, 4) is 0 Å². The molecule has 6 nitrogen and oxygen atoms in total. The SMILES string of the molecule is C[C@H]1CC[C@H](N2CCN(C(=O)c3nn4c(C(F)(F)F)cc(C5CC5)cc4c3Cl)CC2=O)CC1. The van der Waals surface area contributed by atoms with Crippen LogP contribution in [0.2, 0.25) is 5.02 Å². The lowest BCUT2D eigenvalue weighted by atomic mass is 9.86. The third-order valence-corrected chi connectivity index (χ3v) is 7.58. The Bertz CT molecular complexity index is 1100. The van der Waals surface area contributed by atoms with E-state index in [0.29, 0.717) is 29.1 Å². The lowest BCUT2D eigenvalue weighted by molar-refractivity contribution is -0.142. The van der Waals surface area contributed by atoms with E-state index in [9.17, 15) is 22.8 Å². The molecule has 3 heterocycles. The number of carbonyl (C=O) groups is 2. The number of fused-ring (bicyclic) bond motifs is 1. The second-order valence-corrected chi connectivity index (χ2v) is 10.0. The minimum Gasteiger partial charge on any atom is -0.336 e. The molecule has 0 spiro atoms. The van der Waals surface area contributed by atoms with Crippen molar-refractivity contribution in [3.05, 3.63) is 34.1 Å². The molecular formula is C23H26ClF3N4O2. The van der Waals surface area contributed by atoms with E-state index in [2.05, 4.69) is 12.0 Å². The van der Waals surface area contributed by atoms with Gasteiger partial charge in [-0.1, -0.05) is 18.5 Å². The highest BCUT2D eigenvalue weighted by Gasteiger charge is 2.39. The Balaban J connectivity index is 1.40. The van der Waals surface area contributed by atoms with Crippen LogP contribution in [0.25, 0.3) is 5.52 Å². The van der Waals surface area contributed by atoms with E-state index < -0.39 is 17.8 Å². The van der Waals surface area contributed by atoms with Crippen molar-refractivity contribution < 1.29 is 22.8 Å². The Hall–Kier alpha value is -2.29. The summed E-state index contributed by atoms with van der Waals surface area (Å²) >= 11 is 6.40. The number of nitrogens with zero attached hydrogens (tertiary/aromatic N) is 4. The highest BCUT2D eigenvalue weighted by molar-refractivity contribution is 6.36. The first-order valence-electron chi connectivity index (χ1n) is 11.5. The third kappa shape index (κ3) is 4.20. The average Bonchev–Trinajstić information content (AvgIpc) is 3.57. The van der Waals surface area contributed by atoms with Crippen LogP contribution in [0.5, 0.6) is 0 Å². The molecule has 0 atom stereocenters. The van der Waals surface area contributed by atoms with Gasteiger partial charge in [0.2, 0.25) is 5.91 Å². The first-order chi connectivity index (χ1) is 15.6. The van der Waals surface area contributed by atoms with E-state index in [1.165, 1.54) is 4.90 Å². The zero-order chi connectivity index (χ0) is 23.5. The minimum absolute atomic E-state index is 0.0676. The van der Waals surface area contributed by atoms with Gasteiger partial charge < -0.3 is 9.80 Å². The number of pyridine rings is 1. The van der Waals surface area contributed by atoms with Gasteiger partial charge in [-0.2, -0.15) is 18.3 Å². The topological polar surface area (TPSA) is 57.9 Å². The predicted octanol–water partition coefficient (Wildman–Crippen LogP) is 4.75. The molecule has 0 unspecified atom stereocenters. The lowest BCUT2D eigenvalue weighted by Gasteiger charge is -2.41. The fourth-order valence-electron chi connectivity index (χ4n) is 5.08. The number of piperazine rings is 1. The Kier molecular flexibility index (Phi) is 5.58. The van der Waals surface area contributed by atoms with Gasteiger partial charge in [0.15, 0.2) is 5.69 Å². The van der Waals surface area contributed by atoms with Crippen LogP contribution in [-0.2, 0) is 11.0 Å². The molecule has 2 amide bonds. The molecule has 2 saturated carbocycles. The van der Waals surface area contributed by atoms with E-state index >= 15 is 0 Å². The molecule has 0 aromatic carbocycles. The maximum atomic E-state index is 13.7. The van der Waals surface area contributed by atoms with Crippen molar-refractivity contribution in [2.75, 3.05) is 19.6 Å². The quantitative estimate of drug-likeness (QED) is 0.634. The maximum absolute atomic E-state index is 13.7. The molecule has 0 bridgehead atoms. The summed E-state index contributed by atoms with van der Waals surface area (Å²) in [6.07, 6.45) is 1.11. The standard InChI is InChI=1S/C23H26ClF3N4O2/c1-13-2-6-16(7-3-13)30-9-8-29(12-19(30)32)22(33)21-20(24)17-10-15(14-4-5-14)11-18(23(25,26)27)31(17)28-21/h10-11,13-14,16H,2-9,12H2,1H3/t13-,16-. The van der Waals surface area contributed by atoms with Crippen LogP contribution in [0.15, 0.2) is 12.1 Å². The molecule has 178 valence electrons. The fourth-order valence-corrected chi connectivity index (χ4v) is 5.33. The van der Waals surface area contributed by atoms with Crippen LogP contribution < -0.4 is 0 Å². The van der Waals surface area contributed by atoms with Gasteiger partial charge in [-0.05, 0) is 68.1 Å². The van der Waals surface area contributed by atoms with Crippen molar-refractivity contribution in [3.63, 3.8) is 0 Å². The van der Waals surface area contributed by atoms with Crippen LogP contribution in [0.4, 0.5) is 13.2 Å². The minimum atomic E-state index is -4.64. The molecule has 0 N–H and O–H groups in total. The highest BCUT2D eigenvalue weighted by atomic mass is 35.5. The fraction of sp³-hybridized carbons (Fsp3) is 0.609. The number of amides is 2. The third-order valence-electron chi connectivity index (χ3n) is 7.21. The highest BCUT2D eigenvalue weighted by Crippen LogP contribution is 2.43. The normalized spacial score (nSPS) is 24.6. The summed E-state index contributed by atoms with van der Waals surface area (Å²) in [6, 6.07) is 2.88. The zero-order valence-electron chi connectivity index (χ0n) is 18.4. The molecule has 2 aromatic heterocycles. The molecule has 2 aromatic rings. The smallest absolute Gasteiger partial charge is 0.336 e. The van der Waals surface area contributed by atoms with Crippen molar-refractivity contribution in [1.82, 2.24) is 19.4 Å². The molecular weight excluding hydrogens is 457 g/mol. The van der Waals surface area contributed by atoms with E-state index in [1.54, 1.807) is 6.07 Å². The Morgan fingerprint density at radius 1 is 1.09 bits per heavy atom. The van der Waals surface area contributed by atoms with Crippen LogP contribution in [0, 0.1) is 5.92 Å². The van der Waals surface area contributed by atoms with Gasteiger partial charge in [-0.15, -0.1) is 0 Å². The van der Waals surface area contributed by atoms with Gasteiger partial charge >= 0.3 is 6.18 Å². The van der Waals surface area contributed by atoms with Crippen molar-refractivity contribution >= 4 is 28.9 Å². The van der Waals surface area contributed by atoms with Gasteiger partial charge in [0.1, 0.15) is 12.2 Å². The summed E-state index contributed by atoms with van der Waals surface area (Å²) in [5.41, 5.74) is -0.572. The second-order valence-electron chi connectivity index (χ2n) is 9.63. The summed E-state index contributed by atoms with van der Waals surface area (Å²) in [7, 11) is 0. The molecule has 2 aliphatic carbocycles. The molecule has 3 aliphatic rings. The number of rotatable bonds is 3. The van der Waals surface area contributed by atoms with Crippen LogP contribution >= 0.6 is 11.6 Å². The summed E-state index contributed by atoms with van der Waals surface area (Å²) in [4.78, 5) is 29.2. The van der Waals surface area contributed by atoms with Crippen molar-refractivity contribution in [2.45, 2.75) is 63.6 Å². The van der Waals surface area contributed by atoms with E-state index in [4.69, 9.17) is 11.6 Å². The van der Waals surface area contributed by atoms with E-state index in [-0.39, 0.29) is 40.6 Å². The first kappa shape index (κ1) is 22.5. The van der Waals surface area contributed by atoms with Gasteiger partial charge in [0.25, 0.3) is 5.91 Å². The molecule has 3 fully saturated rings. The second kappa shape index (κ2) is 8.18. The van der Waals surface area contributed by atoms with Crippen LogP contribution in [0.1, 0.15) is 73.1 Å². The van der Waals surface area contributed by atoms with Gasteiger partial charge in [-0.25, -0.2) is 4.52 Å². The van der Waals surface area contributed by atoms with E-state index in [0.717, 1.165) is 44.6 Å². The maximum Gasteiger partial charge on any atom is 0.433 e. The molecule has 10 heteroatoms. The zero-order valence-corrected chi connectivity index (χ0v) is 19.1. The largest absolute Gasteiger partial charge is 0.433 e. The number of carbonyl (C=O) groups excluding carboxylic acids is 2. The van der Waals surface area contributed by atoms with Crippen LogP contribution in [-0.4, -0.2) is 56.9 Å². The number of halogens is 4. The van der Waals surface area contributed by atoms with Crippen LogP contribution in [0.3, 0.4) is 0 Å². The van der Waals surface area contributed by atoms with Gasteiger partial charge in [0, 0.05) is 19.1 Å². The molecule has 0 radical (unpaired) electrons. The molecule has 5 rings (SSSR count). The Morgan fingerprint density at radius 3 is 2.39 bits per heavy atom. The monoisotopic (exact) mass is 482 g/mol. The number of hydrogen-bond donors (Lipinski definition) is 0.